The van der Waals surface area contributed by atoms with Crippen LogP contribution in [0, 0.1) is 6.92 Å². The molecule has 1 aromatic carbocycles. The van der Waals surface area contributed by atoms with Crippen LogP contribution in [0.2, 0.25) is 0 Å². The molecule has 0 amide bonds. The number of hydrogen-bond donors (Lipinski definition) is 2. The molecule has 20 heavy (non-hydrogen) atoms. The van der Waals surface area contributed by atoms with Crippen LogP contribution in [-0.4, -0.2) is 23.3 Å². The lowest BCUT2D eigenvalue weighted by Crippen LogP contribution is -2.39. The van der Waals surface area contributed by atoms with Gasteiger partial charge in [0.05, 0.1) is 13.3 Å². The van der Waals surface area contributed by atoms with E-state index in [2.05, 4.69) is 40.6 Å². The van der Waals surface area contributed by atoms with Gasteiger partial charge in [-0.25, -0.2) is 0 Å². The molecule has 1 aromatic heterocycles. The molecule has 1 fully saturated rings. The fourth-order valence-corrected chi connectivity index (χ4v) is 2.76. The van der Waals surface area contributed by atoms with Crippen molar-refractivity contribution in [3.8, 4) is 5.75 Å². The highest BCUT2D eigenvalue weighted by molar-refractivity contribution is 5.32. The fraction of sp³-hybridized carbons (Fsp3) is 0.438. The third-order valence-electron chi connectivity index (χ3n) is 4.22. The number of nitrogens with one attached hydrogen (secondary N) is 2. The predicted molar refractivity (Wildman–Crippen MR) is 78.9 cm³/mol. The van der Waals surface area contributed by atoms with Gasteiger partial charge in [0.15, 0.2) is 0 Å². The minimum Gasteiger partial charge on any atom is -0.497 e. The molecule has 2 N–H and O–H groups in total. The molecule has 2 aromatic rings. The number of aromatic amines is 1. The van der Waals surface area contributed by atoms with Crippen LogP contribution in [0.15, 0.2) is 30.5 Å². The molecule has 4 heteroatoms. The molecule has 1 heterocycles. The maximum absolute atomic E-state index is 5.28. The highest BCUT2D eigenvalue weighted by atomic mass is 16.5. The Morgan fingerprint density at radius 1 is 1.40 bits per heavy atom. The molecule has 106 valence electrons. The Bertz CT molecular complexity index is 573. The van der Waals surface area contributed by atoms with Gasteiger partial charge in [0.1, 0.15) is 5.75 Å². The van der Waals surface area contributed by atoms with Gasteiger partial charge in [0.2, 0.25) is 0 Å². The Hall–Kier alpha value is -1.81. The van der Waals surface area contributed by atoms with Crippen LogP contribution in [0.5, 0.6) is 5.75 Å². The number of methoxy groups -OCH3 is 1. The van der Waals surface area contributed by atoms with E-state index in [1.807, 2.05) is 12.3 Å². The quantitative estimate of drug-likeness (QED) is 0.879. The summed E-state index contributed by atoms with van der Waals surface area (Å²) in [4.78, 5) is 0. The summed E-state index contributed by atoms with van der Waals surface area (Å²) in [5.41, 5.74) is 3.80. The van der Waals surface area contributed by atoms with Crippen molar-refractivity contribution < 1.29 is 4.74 Å². The number of ether oxygens (including phenoxy) is 1. The summed E-state index contributed by atoms with van der Waals surface area (Å²) in [6, 6.07) is 9.04. The van der Waals surface area contributed by atoms with Crippen LogP contribution in [0.1, 0.15) is 35.6 Å². The van der Waals surface area contributed by atoms with E-state index >= 15 is 0 Å². The standard InChI is InChI=1S/C16H21N3O/c1-11-14(10-18-19-11)9-17-15-6-13(7-15)12-4-3-5-16(8-12)20-2/h3-5,8,10,13,15,17H,6-7,9H2,1-2H3,(H,18,19). The van der Waals surface area contributed by atoms with Gasteiger partial charge < -0.3 is 10.1 Å². The first-order valence-electron chi connectivity index (χ1n) is 7.12. The smallest absolute Gasteiger partial charge is 0.119 e. The Morgan fingerprint density at radius 3 is 2.95 bits per heavy atom. The van der Waals surface area contributed by atoms with Gasteiger partial charge in [0, 0.05) is 23.8 Å². The number of aryl methyl sites for hydroxylation is 1. The van der Waals surface area contributed by atoms with Crippen molar-refractivity contribution in [3.05, 3.63) is 47.3 Å². The van der Waals surface area contributed by atoms with Gasteiger partial charge in [0.25, 0.3) is 0 Å². The Balaban J connectivity index is 1.50. The SMILES string of the molecule is COc1cccc(C2CC(NCc3cn[nH]c3C)C2)c1. The van der Waals surface area contributed by atoms with E-state index in [0.29, 0.717) is 12.0 Å². The van der Waals surface area contributed by atoms with E-state index in [1.54, 1.807) is 7.11 Å². The van der Waals surface area contributed by atoms with Crippen LogP contribution in [0.25, 0.3) is 0 Å². The van der Waals surface area contributed by atoms with E-state index in [4.69, 9.17) is 4.74 Å². The van der Waals surface area contributed by atoms with Crippen molar-refractivity contribution in [2.45, 2.75) is 38.3 Å². The fourth-order valence-electron chi connectivity index (χ4n) is 2.76. The predicted octanol–water partition coefficient (Wildman–Crippen LogP) is 2.76. The molecule has 0 bridgehead atoms. The van der Waals surface area contributed by atoms with Crippen molar-refractivity contribution in [1.82, 2.24) is 15.5 Å². The van der Waals surface area contributed by atoms with Crippen molar-refractivity contribution in [2.24, 2.45) is 0 Å². The second-order valence-corrected chi connectivity index (χ2v) is 5.54. The number of hydrogen-bond acceptors (Lipinski definition) is 3. The second kappa shape index (κ2) is 5.67. The molecule has 0 atom stereocenters. The normalized spacial score (nSPS) is 21.5. The van der Waals surface area contributed by atoms with Crippen LogP contribution in [0.3, 0.4) is 0 Å². The summed E-state index contributed by atoms with van der Waals surface area (Å²) in [6.45, 7) is 2.96. The van der Waals surface area contributed by atoms with Gasteiger partial charge in [-0.2, -0.15) is 5.10 Å². The van der Waals surface area contributed by atoms with E-state index in [0.717, 1.165) is 18.0 Å². The molecule has 0 aliphatic heterocycles. The second-order valence-electron chi connectivity index (χ2n) is 5.54. The Morgan fingerprint density at radius 2 is 2.25 bits per heavy atom. The minimum absolute atomic E-state index is 0.612. The molecule has 0 spiro atoms. The average Bonchev–Trinajstić information content (AvgIpc) is 2.83. The number of benzene rings is 1. The molecule has 1 aliphatic rings. The maximum atomic E-state index is 5.28. The zero-order valence-electron chi connectivity index (χ0n) is 12.0. The summed E-state index contributed by atoms with van der Waals surface area (Å²) in [5.74, 6) is 1.61. The summed E-state index contributed by atoms with van der Waals surface area (Å²) >= 11 is 0. The van der Waals surface area contributed by atoms with Crippen molar-refractivity contribution in [3.63, 3.8) is 0 Å². The highest BCUT2D eigenvalue weighted by Gasteiger charge is 2.30. The first kappa shape index (κ1) is 13.2. The lowest BCUT2D eigenvalue weighted by Gasteiger charge is -2.36. The Labute approximate surface area is 119 Å². The minimum atomic E-state index is 0.612. The largest absolute Gasteiger partial charge is 0.497 e. The van der Waals surface area contributed by atoms with E-state index < -0.39 is 0 Å². The molecular formula is C16H21N3O. The summed E-state index contributed by atoms with van der Waals surface area (Å²) < 4.78 is 5.28. The third kappa shape index (κ3) is 2.70. The zero-order valence-corrected chi connectivity index (χ0v) is 12.0. The lowest BCUT2D eigenvalue weighted by atomic mass is 9.76. The molecule has 4 nitrogen and oxygen atoms in total. The molecule has 0 saturated heterocycles. The summed E-state index contributed by atoms with van der Waals surface area (Å²) in [7, 11) is 1.72. The third-order valence-corrected chi connectivity index (χ3v) is 4.22. The van der Waals surface area contributed by atoms with Crippen LogP contribution in [0.4, 0.5) is 0 Å². The number of rotatable bonds is 5. The topological polar surface area (TPSA) is 49.9 Å². The first-order chi connectivity index (χ1) is 9.76. The van der Waals surface area contributed by atoms with Crippen molar-refractivity contribution in [1.29, 1.82) is 0 Å². The monoisotopic (exact) mass is 271 g/mol. The van der Waals surface area contributed by atoms with Gasteiger partial charge in [-0.1, -0.05) is 12.1 Å². The van der Waals surface area contributed by atoms with Crippen LogP contribution >= 0.6 is 0 Å². The number of nitrogens with zero attached hydrogens (tertiary/aromatic N) is 1. The summed E-state index contributed by atoms with van der Waals surface area (Å²) in [5, 5.41) is 10.6. The van der Waals surface area contributed by atoms with Crippen molar-refractivity contribution >= 4 is 0 Å². The Kier molecular flexibility index (Phi) is 3.74. The molecule has 0 radical (unpaired) electrons. The lowest BCUT2D eigenvalue weighted by molar-refractivity contribution is 0.288. The zero-order chi connectivity index (χ0) is 13.9. The van der Waals surface area contributed by atoms with Gasteiger partial charge >= 0.3 is 0 Å². The van der Waals surface area contributed by atoms with Gasteiger partial charge in [-0.15, -0.1) is 0 Å². The van der Waals surface area contributed by atoms with Crippen molar-refractivity contribution in [2.75, 3.05) is 7.11 Å². The van der Waals surface area contributed by atoms with E-state index in [9.17, 15) is 0 Å². The average molecular weight is 271 g/mol. The molecule has 1 aliphatic carbocycles. The van der Waals surface area contributed by atoms with Gasteiger partial charge in [-0.3, -0.25) is 5.10 Å². The molecule has 3 rings (SSSR count). The van der Waals surface area contributed by atoms with Crippen LogP contribution in [-0.2, 0) is 6.54 Å². The van der Waals surface area contributed by atoms with E-state index in [1.165, 1.54) is 24.0 Å². The molecular weight excluding hydrogens is 250 g/mol. The number of H-pyrrole nitrogens is 1. The first-order valence-corrected chi connectivity index (χ1v) is 7.12. The maximum Gasteiger partial charge on any atom is 0.119 e. The molecule has 1 saturated carbocycles. The molecule has 0 unspecified atom stereocenters. The van der Waals surface area contributed by atoms with Crippen LogP contribution < -0.4 is 10.1 Å². The van der Waals surface area contributed by atoms with E-state index in [-0.39, 0.29) is 0 Å². The number of aromatic nitrogens is 2. The highest BCUT2D eigenvalue weighted by Crippen LogP contribution is 2.38. The van der Waals surface area contributed by atoms with Gasteiger partial charge in [-0.05, 0) is 43.4 Å². The summed E-state index contributed by atoms with van der Waals surface area (Å²) in [6.07, 6.45) is 4.30.